The van der Waals surface area contributed by atoms with Crippen LogP contribution in [0, 0.1) is 0 Å². The van der Waals surface area contributed by atoms with E-state index in [1.807, 2.05) is 0 Å². The molecule has 0 aromatic carbocycles. The van der Waals surface area contributed by atoms with E-state index < -0.39 is 18.2 Å². The summed E-state index contributed by atoms with van der Waals surface area (Å²) in [7, 11) is 0. The summed E-state index contributed by atoms with van der Waals surface area (Å²) < 4.78 is 0. The Kier molecular flexibility index (Phi) is 6.70. The fourth-order valence-electron chi connectivity index (χ4n) is 0.860. The second kappa shape index (κ2) is 7.29. The predicted molar refractivity (Wildman–Crippen MR) is 52.8 cm³/mol. The first-order valence-corrected chi connectivity index (χ1v) is 4.45. The second-order valence-electron chi connectivity index (χ2n) is 2.93. The van der Waals surface area contributed by atoms with Crippen molar-refractivity contribution in [2.75, 3.05) is 0 Å². The zero-order valence-corrected chi connectivity index (χ0v) is 7.97. The average molecular weight is 200 g/mol. The van der Waals surface area contributed by atoms with Gasteiger partial charge in [-0.15, -0.1) is 6.58 Å². The standard InChI is InChI=1S/C10H16O4/c1-2-8(11)9(12)6-4-3-5-7-10(13)14/h2,4,6,8-9,11-12H,1,3,5,7H2,(H,13,14). The van der Waals surface area contributed by atoms with Gasteiger partial charge in [-0.2, -0.15) is 0 Å². The van der Waals surface area contributed by atoms with Gasteiger partial charge >= 0.3 is 5.97 Å². The molecule has 0 heterocycles. The van der Waals surface area contributed by atoms with Crippen LogP contribution in [0.1, 0.15) is 19.3 Å². The largest absolute Gasteiger partial charge is 0.481 e. The minimum atomic E-state index is -0.967. The molecule has 2 unspecified atom stereocenters. The predicted octanol–water partition coefficient (Wildman–Crippen LogP) is 0.705. The summed E-state index contributed by atoms with van der Waals surface area (Å²) in [5, 5.41) is 26.6. The van der Waals surface area contributed by atoms with Crippen LogP contribution in [-0.4, -0.2) is 33.5 Å². The number of carbonyl (C=O) groups is 1. The van der Waals surface area contributed by atoms with E-state index in [1.54, 1.807) is 6.08 Å². The van der Waals surface area contributed by atoms with Gasteiger partial charge in [-0.05, 0) is 12.8 Å². The molecule has 0 fully saturated rings. The quantitative estimate of drug-likeness (QED) is 0.417. The number of allylic oxidation sites excluding steroid dienone is 1. The monoisotopic (exact) mass is 200 g/mol. The summed E-state index contributed by atoms with van der Waals surface area (Å²) in [5.41, 5.74) is 0. The highest BCUT2D eigenvalue weighted by Gasteiger charge is 2.07. The fraction of sp³-hybridized carbons (Fsp3) is 0.500. The van der Waals surface area contributed by atoms with Gasteiger partial charge in [0.25, 0.3) is 0 Å². The summed E-state index contributed by atoms with van der Waals surface area (Å²) in [6.45, 7) is 3.33. The Morgan fingerprint density at radius 3 is 2.50 bits per heavy atom. The van der Waals surface area contributed by atoms with Crippen LogP contribution in [0.15, 0.2) is 24.8 Å². The molecule has 0 bridgehead atoms. The number of carboxylic acids is 1. The van der Waals surface area contributed by atoms with Crippen molar-refractivity contribution in [1.29, 1.82) is 0 Å². The van der Waals surface area contributed by atoms with Crippen LogP contribution in [-0.2, 0) is 4.79 Å². The molecule has 0 saturated heterocycles. The smallest absolute Gasteiger partial charge is 0.303 e. The molecule has 0 aliphatic heterocycles. The SMILES string of the molecule is C=CC(O)C(O)C=CCCCC(=O)O. The van der Waals surface area contributed by atoms with E-state index in [0.29, 0.717) is 12.8 Å². The van der Waals surface area contributed by atoms with Crippen LogP contribution in [0.2, 0.25) is 0 Å². The molecule has 0 radical (unpaired) electrons. The van der Waals surface area contributed by atoms with Crippen LogP contribution in [0.4, 0.5) is 0 Å². The average Bonchev–Trinajstić information content (AvgIpc) is 2.15. The molecule has 3 N–H and O–H groups in total. The van der Waals surface area contributed by atoms with E-state index in [9.17, 15) is 9.90 Å². The third-order valence-corrected chi connectivity index (χ3v) is 1.69. The lowest BCUT2D eigenvalue weighted by Gasteiger charge is -2.08. The molecule has 0 aliphatic rings. The first-order valence-electron chi connectivity index (χ1n) is 4.45. The normalized spacial score (nSPS) is 15.3. The Morgan fingerprint density at radius 1 is 1.36 bits per heavy atom. The minimum absolute atomic E-state index is 0.116. The summed E-state index contributed by atoms with van der Waals surface area (Å²) in [4.78, 5) is 10.1. The number of unbranched alkanes of at least 4 members (excludes halogenated alkanes) is 1. The van der Waals surface area contributed by atoms with Crippen LogP contribution < -0.4 is 0 Å². The highest BCUT2D eigenvalue weighted by Crippen LogP contribution is 2.00. The lowest BCUT2D eigenvalue weighted by molar-refractivity contribution is -0.137. The van der Waals surface area contributed by atoms with E-state index in [0.717, 1.165) is 0 Å². The lowest BCUT2D eigenvalue weighted by atomic mass is 10.1. The van der Waals surface area contributed by atoms with Gasteiger partial charge in [0.15, 0.2) is 0 Å². The summed E-state index contributed by atoms with van der Waals surface area (Å²) in [6.07, 6.45) is 3.63. The number of hydrogen-bond donors (Lipinski definition) is 3. The van der Waals surface area contributed by atoms with Gasteiger partial charge in [-0.1, -0.05) is 18.2 Å². The zero-order valence-electron chi connectivity index (χ0n) is 7.97. The third kappa shape index (κ3) is 6.39. The number of hydrogen-bond acceptors (Lipinski definition) is 3. The van der Waals surface area contributed by atoms with Crippen LogP contribution >= 0.6 is 0 Å². The van der Waals surface area contributed by atoms with Crippen molar-refractivity contribution in [3.63, 3.8) is 0 Å². The molecule has 0 saturated carbocycles. The zero-order chi connectivity index (χ0) is 11.0. The van der Waals surface area contributed by atoms with E-state index in [1.165, 1.54) is 12.2 Å². The van der Waals surface area contributed by atoms with Crippen LogP contribution in [0.5, 0.6) is 0 Å². The van der Waals surface area contributed by atoms with Gasteiger partial charge < -0.3 is 15.3 Å². The fourth-order valence-corrected chi connectivity index (χ4v) is 0.860. The van der Waals surface area contributed by atoms with Gasteiger partial charge in [0.2, 0.25) is 0 Å². The molecule has 4 heteroatoms. The van der Waals surface area contributed by atoms with Crippen LogP contribution in [0.3, 0.4) is 0 Å². The number of rotatable bonds is 7. The van der Waals surface area contributed by atoms with Crippen molar-refractivity contribution in [2.45, 2.75) is 31.5 Å². The van der Waals surface area contributed by atoms with Crippen molar-refractivity contribution < 1.29 is 20.1 Å². The topological polar surface area (TPSA) is 77.8 Å². The molecular weight excluding hydrogens is 184 g/mol. The third-order valence-electron chi connectivity index (χ3n) is 1.69. The Balaban J connectivity index is 3.61. The molecule has 0 rings (SSSR count). The molecular formula is C10H16O4. The maximum Gasteiger partial charge on any atom is 0.303 e. The Bertz CT molecular complexity index is 210. The highest BCUT2D eigenvalue weighted by molar-refractivity contribution is 5.66. The number of aliphatic hydroxyl groups is 2. The van der Waals surface area contributed by atoms with E-state index in [2.05, 4.69) is 6.58 Å². The molecule has 0 aliphatic carbocycles. The Morgan fingerprint density at radius 2 is 2.00 bits per heavy atom. The van der Waals surface area contributed by atoms with Gasteiger partial charge in [0.1, 0.15) is 12.2 Å². The Hall–Kier alpha value is -1.13. The Labute approximate surface area is 83.2 Å². The highest BCUT2D eigenvalue weighted by atomic mass is 16.4. The molecule has 80 valence electrons. The van der Waals surface area contributed by atoms with Crippen LogP contribution in [0.25, 0.3) is 0 Å². The molecule has 0 aromatic rings. The van der Waals surface area contributed by atoms with Gasteiger partial charge in [-0.25, -0.2) is 0 Å². The van der Waals surface area contributed by atoms with E-state index >= 15 is 0 Å². The number of carboxylic acid groups (broad SMARTS) is 1. The van der Waals surface area contributed by atoms with Crippen molar-refractivity contribution >= 4 is 5.97 Å². The first-order chi connectivity index (χ1) is 6.57. The van der Waals surface area contributed by atoms with Crippen molar-refractivity contribution in [3.8, 4) is 0 Å². The number of aliphatic hydroxyl groups excluding tert-OH is 2. The lowest BCUT2D eigenvalue weighted by Crippen LogP contribution is -2.20. The summed E-state index contributed by atoms with van der Waals surface area (Å²) in [6, 6.07) is 0. The number of aliphatic carboxylic acids is 1. The first kappa shape index (κ1) is 12.9. The van der Waals surface area contributed by atoms with Gasteiger partial charge in [-0.3, -0.25) is 4.79 Å². The molecule has 0 amide bonds. The molecule has 14 heavy (non-hydrogen) atoms. The maximum absolute atomic E-state index is 10.1. The van der Waals surface area contributed by atoms with Crippen molar-refractivity contribution in [3.05, 3.63) is 24.8 Å². The molecule has 2 atom stereocenters. The van der Waals surface area contributed by atoms with Crippen molar-refractivity contribution in [2.24, 2.45) is 0 Å². The minimum Gasteiger partial charge on any atom is -0.481 e. The van der Waals surface area contributed by atoms with Crippen molar-refractivity contribution in [1.82, 2.24) is 0 Å². The molecule has 0 aromatic heterocycles. The summed E-state index contributed by atoms with van der Waals surface area (Å²) >= 11 is 0. The summed E-state index contributed by atoms with van der Waals surface area (Å²) in [5.74, 6) is -0.829. The van der Waals surface area contributed by atoms with E-state index in [-0.39, 0.29) is 6.42 Å². The van der Waals surface area contributed by atoms with Gasteiger partial charge in [0, 0.05) is 6.42 Å². The molecule has 0 spiro atoms. The molecule has 4 nitrogen and oxygen atoms in total. The second-order valence-corrected chi connectivity index (χ2v) is 2.93. The van der Waals surface area contributed by atoms with Gasteiger partial charge in [0.05, 0.1) is 0 Å². The maximum atomic E-state index is 10.1. The van der Waals surface area contributed by atoms with E-state index in [4.69, 9.17) is 10.2 Å².